The van der Waals surface area contributed by atoms with Crippen LogP contribution in [-0.4, -0.2) is 41.2 Å². The van der Waals surface area contributed by atoms with Gasteiger partial charge in [0.25, 0.3) is 0 Å². The molecular weight excluding hydrogens is 304 g/mol. The lowest BCUT2D eigenvalue weighted by molar-refractivity contribution is -0.137. The van der Waals surface area contributed by atoms with Crippen LogP contribution in [0, 0.1) is 0 Å². The van der Waals surface area contributed by atoms with Crippen LogP contribution in [0.15, 0.2) is 29.2 Å². The van der Waals surface area contributed by atoms with E-state index >= 15 is 0 Å². The number of para-hydroxylation sites is 1. The first-order valence-electron chi connectivity index (χ1n) is 7.00. The predicted octanol–water partition coefficient (Wildman–Crippen LogP) is 1.49. The van der Waals surface area contributed by atoms with Crippen molar-refractivity contribution in [2.75, 3.05) is 17.2 Å². The van der Waals surface area contributed by atoms with Crippen LogP contribution in [0.5, 0.6) is 0 Å². The second-order valence-corrected chi connectivity index (χ2v) is 6.15. The second kappa shape index (κ2) is 7.31. The van der Waals surface area contributed by atoms with E-state index < -0.39 is 5.97 Å². The summed E-state index contributed by atoms with van der Waals surface area (Å²) in [7, 11) is 0. The molecule has 1 aromatic rings. The number of hydrogen-bond donors (Lipinski definition) is 2. The van der Waals surface area contributed by atoms with E-state index in [2.05, 4.69) is 5.32 Å². The number of carboxylic acids is 1. The van der Waals surface area contributed by atoms with Crippen molar-refractivity contribution in [1.82, 2.24) is 5.32 Å². The molecule has 0 radical (unpaired) electrons. The van der Waals surface area contributed by atoms with Gasteiger partial charge in [0, 0.05) is 17.4 Å². The molecule has 22 heavy (non-hydrogen) atoms. The monoisotopic (exact) mass is 322 g/mol. The summed E-state index contributed by atoms with van der Waals surface area (Å²) in [4.78, 5) is 37.1. The van der Waals surface area contributed by atoms with E-state index in [0.29, 0.717) is 12.2 Å². The van der Waals surface area contributed by atoms with Gasteiger partial charge in [0.15, 0.2) is 0 Å². The van der Waals surface area contributed by atoms with Gasteiger partial charge in [-0.25, -0.2) is 0 Å². The van der Waals surface area contributed by atoms with Crippen LogP contribution in [0.3, 0.4) is 0 Å². The highest BCUT2D eigenvalue weighted by atomic mass is 32.2. The number of aliphatic carboxylic acids is 1. The van der Waals surface area contributed by atoms with Crippen LogP contribution in [-0.2, 0) is 14.4 Å². The number of carboxylic acid groups (broad SMARTS) is 1. The summed E-state index contributed by atoms with van der Waals surface area (Å²) in [5.74, 6) is -0.956. The number of carbonyl (C=O) groups is 3. The Hall–Kier alpha value is -2.02. The molecule has 0 aliphatic carbocycles. The molecule has 0 bridgehead atoms. The van der Waals surface area contributed by atoms with Gasteiger partial charge in [0.05, 0.1) is 11.4 Å². The first kappa shape index (κ1) is 16.4. The number of anilines is 1. The number of nitrogens with one attached hydrogen (secondary N) is 1. The number of benzene rings is 1. The zero-order chi connectivity index (χ0) is 16.1. The molecule has 0 saturated carbocycles. The summed E-state index contributed by atoms with van der Waals surface area (Å²) < 4.78 is 0. The Kier molecular flexibility index (Phi) is 5.43. The van der Waals surface area contributed by atoms with E-state index in [-0.39, 0.29) is 30.8 Å². The van der Waals surface area contributed by atoms with E-state index in [4.69, 9.17) is 5.11 Å². The summed E-state index contributed by atoms with van der Waals surface area (Å²) in [6, 6.07) is 7.23. The van der Waals surface area contributed by atoms with Crippen LogP contribution in [0.4, 0.5) is 5.69 Å². The van der Waals surface area contributed by atoms with E-state index in [9.17, 15) is 14.4 Å². The highest BCUT2D eigenvalue weighted by molar-refractivity contribution is 8.00. The smallest absolute Gasteiger partial charge is 0.303 e. The van der Waals surface area contributed by atoms with Crippen molar-refractivity contribution in [3.63, 3.8) is 0 Å². The molecule has 1 unspecified atom stereocenters. The molecular formula is C15H18N2O4S. The average molecular weight is 322 g/mol. The molecule has 6 nitrogen and oxygen atoms in total. The van der Waals surface area contributed by atoms with E-state index in [1.807, 2.05) is 24.3 Å². The lowest BCUT2D eigenvalue weighted by Gasteiger charge is -2.28. The third kappa shape index (κ3) is 4.24. The molecule has 0 spiro atoms. The Bertz CT molecular complexity index is 591. The predicted molar refractivity (Wildman–Crippen MR) is 84.0 cm³/mol. The molecule has 2 amide bonds. The number of rotatable bonds is 6. The van der Waals surface area contributed by atoms with Crippen molar-refractivity contribution in [3.05, 3.63) is 24.3 Å². The Labute approximate surface area is 132 Å². The Morgan fingerprint density at radius 2 is 2.14 bits per heavy atom. The summed E-state index contributed by atoms with van der Waals surface area (Å²) in [6.07, 6.45) is 0.366. The standard InChI is InChI=1S/C15H18N2O4S/c1-10(6-7-15(20)21)16-13(18)8-17-11-4-2-3-5-12(11)22-9-14(17)19/h2-5,10H,6-9H2,1H3,(H,16,18)(H,20,21). The van der Waals surface area contributed by atoms with Crippen molar-refractivity contribution in [1.29, 1.82) is 0 Å². The highest BCUT2D eigenvalue weighted by Crippen LogP contribution is 2.34. The maximum absolute atomic E-state index is 12.1. The molecule has 7 heteroatoms. The molecule has 0 fully saturated rings. The van der Waals surface area contributed by atoms with Crippen molar-refractivity contribution >= 4 is 35.2 Å². The number of fused-ring (bicyclic) bond motifs is 1. The van der Waals surface area contributed by atoms with E-state index in [1.165, 1.54) is 16.7 Å². The van der Waals surface area contributed by atoms with Gasteiger partial charge in [-0.15, -0.1) is 11.8 Å². The quantitative estimate of drug-likeness (QED) is 0.829. The van der Waals surface area contributed by atoms with Crippen LogP contribution in [0.1, 0.15) is 19.8 Å². The Morgan fingerprint density at radius 1 is 1.41 bits per heavy atom. The second-order valence-electron chi connectivity index (χ2n) is 5.14. The van der Waals surface area contributed by atoms with Crippen molar-refractivity contribution in [2.24, 2.45) is 0 Å². The number of nitrogens with zero attached hydrogens (tertiary/aromatic N) is 1. The molecule has 0 saturated heterocycles. The maximum Gasteiger partial charge on any atom is 0.303 e. The minimum absolute atomic E-state index is 0.00354. The first-order valence-corrected chi connectivity index (χ1v) is 7.99. The molecule has 2 N–H and O–H groups in total. The van der Waals surface area contributed by atoms with Gasteiger partial charge in [0.1, 0.15) is 6.54 Å². The van der Waals surface area contributed by atoms with Gasteiger partial charge in [-0.05, 0) is 25.5 Å². The molecule has 1 aromatic carbocycles. The number of hydrogen-bond acceptors (Lipinski definition) is 4. The number of amides is 2. The van der Waals surface area contributed by atoms with Crippen molar-refractivity contribution in [3.8, 4) is 0 Å². The van der Waals surface area contributed by atoms with Gasteiger partial charge in [-0.2, -0.15) is 0 Å². The van der Waals surface area contributed by atoms with Gasteiger partial charge in [-0.1, -0.05) is 12.1 Å². The fourth-order valence-corrected chi connectivity index (χ4v) is 3.14. The average Bonchev–Trinajstić information content (AvgIpc) is 2.48. The summed E-state index contributed by atoms with van der Waals surface area (Å²) in [6.45, 7) is 1.70. The van der Waals surface area contributed by atoms with Crippen LogP contribution >= 0.6 is 11.8 Å². The van der Waals surface area contributed by atoms with Crippen molar-refractivity contribution < 1.29 is 19.5 Å². The Morgan fingerprint density at radius 3 is 2.86 bits per heavy atom. The fourth-order valence-electron chi connectivity index (χ4n) is 2.20. The van der Waals surface area contributed by atoms with Crippen LogP contribution in [0.25, 0.3) is 0 Å². The third-order valence-corrected chi connectivity index (χ3v) is 4.36. The van der Waals surface area contributed by atoms with Gasteiger partial charge >= 0.3 is 5.97 Å². The van der Waals surface area contributed by atoms with E-state index in [0.717, 1.165) is 10.6 Å². The Balaban J connectivity index is 1.96. The summed E-state index contributed by atoms with van der Waals surface area (Å²) in [5, 5.41) is 11.4. The SMILES string of the molecule is CC(CCC(=O)O)NC(=O)CN1C(=O)CSc2ccccc21. The first-order chi connectivity index (χ1) is 10.5. The summed E-state index contributed by atoms with van der Waals surface area (Å²) in [5.41, 5.74) is 0.747. The molecule has 1 heterocycles. The van der Waals surface area contributed by atoms with Gasteiger partial charge < -0.3 is 15.3 Å². The number of carbonyl (C=O) groups excluding carboxylic acids is 2. The largest absolute Gasteiger partial charge is 0.481 e. The fraction of sp³-hybridized carbons (Fsp3) is 0.400. The highest BCUT2D eigenvalue weighted by Gasteiger charge is 2.26. The minimum atomic E-state index is -0.891. The van der Waals surface area contributed by atoms with Gasteiger partial charge in [0.2, 0.25) is 11.8 Å². The molecule has 118 valence electrons. The minimum Gasteiger partial charge on any atom is -0.481 e. The zero-order valence-electron chi connectivity index (χ0n) is 12.2. The topological polar surface area (TPSA) is 86.7 Å². The zero-order valence-corrected chi connectivity index (χ0v) is 13.1. The van der Waals surface area contributed by atoms with E-state index in [1.54, 1.807) is 6.92 Å². The van der Waals surface area contributed by atoms with Crippen LogP contribution < -0.4 is 10.2 Å². The van der Waals surface area contributed by atoms with Gasteiger partial charge in [-0.3, -0.25) is 14.4 Å². The lowest BCUT2D eigenvalue weighted by atomic mass is 10.2. The molecule has 1 aliphatic rings. The molecule has 0 aromatic heterocycles. The normalized spacial score (nSPS) is 15.1. The number of thioether (sulfide) groups is 1. The molecule has 1 atom stereocenters. The van der Waals surface area contributed by atoms with Crippen LogP contribution in [0.2, 0.25) is 0 Å². The third-order valence-electron chi connectivity index (χ3n) is 3.31. The lowest BCUT2D eigenvalue weighted by Crippen LogP contribution is -2.45. The van der Waals surface area contributed by atoms with Crippen molar-refractivity contribution in [2.45, 2.75) is 30.7 Å². The maximum atomic E-state index is 12.1. The molecule has 2 rings (SSSR count). The molecule has 1 aliphatic heterocycles. The summed E-state index contributed by atoms with van der Waals surface area (Å²) >= 11 is 1.46.